The third kappa shape index (κ3) is 4.81. The van der Waals surface area contributed by atoms with Crippen molar-refractivity contribution in [3.63, 3.8) is 0 Å². The Kier molecular flexibility index (Phi) is 5.86. The maximum absolute atomic E-state index is 13.1. The van der Waals surface area contributed by atoms with E-state index < -0.39 is 0 Å². The van der Waals surface area contributed by atoms with Crippen LogP contribution < -0.4 is 16.0 Å². The van der Waals surface area contributed by atoms with Gasteiger partial charge in [0.2, 0.25) is 0 Å². The minimum Gasteiger partial charge on any atom is -0.393 e. The molecule has 0 radical (unpaired) electrons. The van der Waals surface area contributed by atoms with Crippen molar-refractivity contribution in [3.8, 4) is 0 Å². The molecule has 1 aromatic heterocycles. The van der Waals surface area contributed by atoms with Gasteiger partial charge in [-0.25, -0.2) is 14.4 Å². The van der Waals surface area contributed by atoms with Gasteiger partial charge in [0.1, 0.15) is 17.8 Å². The van der Waals surface area contributed by atoms with Crippen LogP contribution in [0.3, 0.4) is 0 Å². The third-order valence-electron chi connectivity index (χ3n) is 5.16. The van der Waals surface area contributed by atoms with E-state index in [1.165, 1.54) is 24.0 Å². The molecule has 0 bridgehead atoms. The maximum atomic E-state index is 13.1. The Morgan fingerprint density at radius 1 is 0.897 bits per heavy atom. The molecule has 3 aromatic rings. The van der Waals surface area contributed by atoms with Crippen LogP contribution in [0.4, 0.5) is 21.7 Å². The molecule has 0 atom stereocenters. The van der Waals surface area contributed by atoms with E-state index in [0.29, 0.717) is 18.1 Å². The molecule has 6 nitrogen and oxygen atoms in total. The van der Waals surface area contributed by atoms with Crippen molar-refractivity contribution in [2.24, 2.45) is 0 Å². The van der Waals surface area contributed by atoms with E-state index in [2.05, 4.69) is 49.4 Å². The number of aromatic nitrogens is 2. The van der Waals surface area contributed by atoms with E-state index in [9.17, 15) is 4.39 Å². The molecule has 1 aliphatic rings. The molecule has 1 fully saturated rings. The molecule has 0 amide bonds. The SMILES string of the molecule is Nc1c(NCc2ccc(F)cc2)ncnc1N1CCN(Cc2ccccc2)CC1. The van der Waals surface area contributed by atoms with Crippen LogP contribution in [-0.4, -0.2) is 41.0 Å². The number of hydrogen-bond acceptors (Lipinski definition) is 6. The van der Waals surface area contributed by atoms with Gasteiger partial charge >= 0.3 is 0 Å². The quantitative estimate of drug-likeness (QED) is 0.672. The zero-order chi connectivity index (χ0) is 20.1. The van der Waals surface area contributed by atoms with E-state index in [4.69, 9.17) is 5.73 Å². The number of hydrogen-bond donors (Lipinski definition) is 2. The smallest absolute Gasteiger partial charge is 0.157 e. The lowest BCUT2D eigenvalue weighted by molar-refractivity contribution is 0.249. The second-order valence-electron chi connectivity index (χ2n) is 7.19. The zero-order valence-electron chi connectivity index (χ0n) is 16.3. The Morgan fingerprint density at radius 2 is 1.62 bits per heavy atom. The summed E-state index contributed by atoms with van der Waals surface area (Å²) in [6.07, 6.45) is 1.54. The molecular formula is C22H25FN6. The van der Waals surface area contributed by atoms with Crippen LogP contribution in [0.15, 0.2) is 60.9 Å². The van der Waals surface area contributed by atoms with Gasteiger partial charge in [0, 0.05) is 39.3 Å². The van der Waals surface area contributed by atoms with Crippen molar-refractivity contribution in [3.05, 3.63) is 77.9 Å². The highest BCUT2D eigenvalue weighted by Gasteiger charge is 2.21. The first-order valence-corrected chi connectivity index (χ1v) is 9.79. The normalized spacial score (nSPS) is 14.7. The second kappa shape index (κ2) is 8.87. The van der Waals surface area contributed by atoms with Crippen molar-refractivity contribution < 1.29 is 4.39 Å². The summed E-state index contributed by atoms with van der Waals surface area (Å²) in [7, 11) is 0. The molecule has 3 N–H and O–H groups in total. The highest BCUT2D eigenvalue weighted by molar-refractivity contribution is 5.75. The fourth-order valence-corrected chi connectivity index (χ4v) is 3.53. The average Bonchev–Trinajstić information content (AvgIpc) is 2.76. The average molecular weight is 392 g/mol. The topological polar surface area (TPSA) is 70.3 Å². The molecule has 1 saturated heterocycles. The Bertz CT molecular complexity index is 924. The maximum Gasteiger partial charge on any atom is 0.157 e. The second-order valence-corrected chi connectivity index (χ2v) is 7.19. The van der Waals surface area contributed by atoms with E-state index in [-0.39, 0.29) is 5.82 Å². The number of rotatable bonds is 6. The Labute approximate surface area is 170 Å². The summed E-state index contributed by atoms with van der Waals surface area (Å²) in [6, 6.07) is 16.9. The lowest BCUT2D eigenvalue weighted by Gasteiger charge is -2.36. The van der Waals surface area contributed by atoms with Gasteiger partial charge in [-0.15, -0.1) is 0 Å². The van der Waals surface area contributed by atoms with Gasteiger partial charge in [0.15, 0.2) is 11.6 Å². The van der Waals surface area contributed by atoms with Gasteiger partial charge in [-0.1, -0.05) is 42.5 Å². The molecule has 0 aliphatic carbocycles. The predicted octanol–water partition coefficient (Wildman–Crippen LogP) is 3.13. The number of anilines is 3. The summed E-state index contributed by atoms with van der Waals surface area (Å²) in [6.45, 7) is 5.12. The van der Waals surface area contributed by atoms with Crippen LogP contribution in [0.1, 0.15) is 11.1 Å². The number of halogens is 1. The van der Waals surface area contributed by atoms with Crippen molar-refractivity contribution in [1.29, 1.82) is 0 Å². The number of nitrogens with one attached hydrogen (secondary N) is 1. The Balaban J connectivity index is 1.36. The molecule has 2 aromatic carbocycles. The minimum atomic E-state index is -0.246. The number of nitrogen functional groups attached to an aromatic ring is 1. The summed E-state index contributed by atoms with van der Waals surface area (Å²) in [4.78, 5) is 13.4. The zero-order valence-corrected chi connectivity index (χ0v) is 16.3. The summed E-state index contributed by atoms with van der Waals surface area (Å²) in [5.41, 5.74) is 9.19. The summed E-state index contributed by atoms with van der Waals surface area (Å²) < 4.78 is 13.1. The van der Waals surface area contributed by atoms with Crippen LogP contribution in [0.5, 0.6) is 0 Å². The number of piperazine rings is 1. The molecule has 0 unspecified atom stereocenters. The fraction of sp³-hybridized carbons (Fsp3) is 0.273. The van der Waals surface area contributed by atoms with Crippen molar-refractivity contribution in [1.82, 2.24) is 14.9 Å². The molecule has 2 heterocycles. The van der Waals surface area contributed by atoms with Crippen molar-refractivity contribution >= 4 is 17.3 Å². The van der Waals surface area contributed by atoms with Gasteiger partial charge < -0.3 is 16.0 Å². The first-order valence-electron chi connectivity index (χ1n) is 9.79. The highest BCUT2D eigenvalue weighted by Crippen LogP contribution is 2.27. The summed E-state index contributed by atoms with van der Waals surface area (Å²) >= 11 is 0. The van der Waals surface area contributed by atoms with Crippen LogP contribution in [0.25, 0.3) is 0 Å². The molecule has 7 heteroatoms. The molecule has 29 heavy (non-hydrogen) atoms. The third-order valence-corrected chi connectivity index (χ3v) is 5.16. The van der Waals surface area contributed by atoms with E-state index >= 15 is 0 Å². The van der Waals surface area contributed by atoms with Gasteiger partial charge in [-0.3, -0.25) is 4.90 Å². The first-order chi connectivity index (χ1) is 14.2. The number of nitrogens with zero attached hydrogens (tertiary/aromatic N) is 4. The molecule has 4 rings (SSSR count). The highest BCUT2D eigenvalue weighted by atomic mass is 19.1. The van der Waals surface area contributed by atoms with E-state index in [1.807, 2.05) is 6.07 Å². The lowest BCUT2D eigenvalue weighted by Crippen LogP contribution is -2.46. The van der Waals surface area contributed by atoms with Crippen LogP contribution in [0.2, 0.25) is 0 Å². The van der Waals surface area contributed by atoms with Crippen LogP contribution in [-0.2, 0) is 13.1 Å². The Hall–Kier alpha value is -3.19. The molecule has 0 saturated carbocycles. The standard InChI is InChI=1S/C22H25FN6/c23-19-8-6-17(7-9-19)14-25-21-20(24)22(27-16-26-21)29-12-10-28(11-13-29)15-18-4-2-1-3-5-18/h1-9,16H,10-15,24H2,(H,25,26,27). The fourth-order valence-electron chi connectivity index (χ4n) is 3.53. The van der Waals surface area contributed by atoms with Gasteiger partial charge in [-0.2, -0.15) is 0 Å². The van der Waals surface area contributed by atoms with E-state index in [1.54, 1.807) is 12.1 Å². The van der Waals surface area contributed by atoms with Gasteiger partial charge in [0.05, 0.1) is 0 Å². The van der Waals surface area contributed by atoms with Crippen molar-refractivity contribution in [2.45, 2.75) is 13.1 Å². The number of benzene rings is 2. The van der Waals surface area contributed by atoms with Gasteiger partial charge in [-0.05, 0) is 23.3 Å². The minimum absolute atomic E-state index is 0.246. The molecule has 0 spiro atoms. The molecule has 1 aliphatic heterocycles. The molecular weight excluding hydrogens is 367 g/mol. The van der Waals surface area contributed by atoms with Crippen molar-refractivity contribution in [2.75, 3.05) is 42.1 Å². The predicted molar refractivity (Wildman–Crippen MR) is 114 cm³/mol. The van der Waals surface area contributed by atoms with E-state index in [0.717, 1.165) is 44.1 Å². The van der Waals surface area contributed by atoms with Crippen LogP contribution >= 0.6 is 0 Å². The largest absolute Gasteiger partial charge is 0.393 e. The van der Waals surface area contributed by atoms with Gasteiger partial charge in [0.25, 0.3) is 0 Å². The summed E-state index contributed by atoms with van der Waals surface area (Å²) in [5.74, 6) is 1.12. The lowest BCUT2D eigenvalue weighted by atomic mass is 10.2. The Morgan fingerprint density at radius 3 is 2.34 bits per heavy atom. The molecule has 150 valence electrons. The van der Waals surface area contributed by atoms with Crippen LogP contribution in [0, 0.1) is 5.82 Å². The number of nitrogens with two attached hydrogens (primary N) is 1. The monoisotopic (exact) mass is 392 g/mol. The first kappa shape index (κ1) is 19.1. The summed E-state index contributed by atoms with van der Waals surface area (Å²) in [5, 5.41) is 3.23.